The molecule has 34 heavy (non-hydrogen) atoms. The number of nitrogens with one attached hydrogen (secondary N) is 1. The van der Waals surface area contributed by atoms with Gasteiger partial charge in [-0.15, -0.1) is 0 Å². The molecule has 0 bridgehead atoms. The third-order valence-electron chi connectivity index (χ3n) is 5.96. The largest absolute Gasteiger partial charge is 0.490 e. The van der Waals surface area contributed by atoms with Crippen molar-refractivity contribution in [2.75, 3.05) is 18.4 Å². The van der Waals surface area contributed by atoms with Crippen LogP contribution in [0.2, 0.25) is 0 Å². The van der Waals surface area contributed by atoms with E-state index in [1.807, 2.05) is 6.07 Å². The molecule has 9 heteroatoms. The third-order valence-corrected chi connectivity index (χ3v) is 5.96. The summed E-state index contributed by atoms with van der Waals surface area (Å²) >= 11 is 0. The average Bonchev–Trinajstić information content (AvgIpc) is 2.94. The number of carbonyl (C=O) groups excluding carboxylic acids is 1. The number of benzene rings is 2. The number of hydrogen-bond donors (Lipinski definition) is 2. The molecule has 5 nitrogen and oxygen atoms in total. The van der Waals surface area contributed by atoms with Gasteiger partial charge in [-0.2, -0.15) is 13.2 Å². The van der Waals surface area contributed by atoms with Crippen LogP contribution < -0.4 is 5.32 Å². The standard InChI is InChI=1S/C23H25FN2O.C2HF3O2/c24-22-7-2-1-4-18(22)9-11-23(27)25-20-10-8-17-12-14-26(21-5-3-6-21)15-13-19(17)16-20;3-2(4,5)1(6)7/h1-2,4,7-11,16,21H,3,5-6,12-15H2,(H,25,27);(H,6,7). The molecule has 1 saturated carbocycles. The molecule has 2 aromatic carbocycles. The van der Waals surface area contributed by atoms with Gasteiger partial charge in [-0.05, 0) is 61.1 Å². The summed E-state index contributed by atoms with van der Waals surface area (Å²) in [6, 6.07) is 13.4. The Bertz CT molecular complexity index is 1050. The zero-order valence-corrected chi connectivity index (χ0v) is 18.4. The number of carbonyl (C=O) groups is 2. The number of aliphatic carboxylic acids is 1. The van der Waals surface area contributed by atoms with Gasteiger partial charge in [0.1, 0.15) is 5.82 Å². The van der Waals surface area contributed by atoms with Gasteiger partial charge in [-0.25, -0.2) is 9.18 Å². The van der Waals surface area contributed by atoms with Crippen LogP contribution in [0.4, 0.5) is 23.2 Å². The molecule has 1 amide bonds. The van der Waals surface area contributed by atoms with Crippen LogP contribution >= 0.6 is 0 Å². The van der Waals surface area contributed by atoms with Gasteiger partial charge in [0.05, 0.1) is 0 Å². The number of anilines is 1. The van der Waals surface area contributed by atoms with Crippen LogP contribution in [-0.4, -0.2) is 47.2 Å². The SMILES string of the molecule is O=C(C=Cc1ccccc1F)Nc1ccc2c(c1)CCN(C1CCC1)CC2.O=C(O)C(F)(F)F. The predicted octanol–water partition coefficient (Wildman–Crippen LogP) is 5.06. The number of hydrogen-bond acceptors (Lipinski definition) is 3. The first-order valence-corrected chi connectivity index (χ1v) is 11.0. The molecule has 0 saturated heterocycles. The Kier molecular flexibility index (Phi) is 8.44. The smallest absolute Gasteiger partial charge is 0.475 e. The molecule has 1 aliphatic heterocycles. The number of nitrogens with zero attached hydrogens (tertiary/aromatic N) is 1. The van der Waals surface area contributed by atoms with Crippen LogP contribution in [0, 0.1) is 5.82 Å². The lowest BCUT2D eigenvalue weighted by Gasteiger charge is -2.36. The van der Waals surface area contributed by atoms with Gasteiger partial charge >= 0.3 is 12.1 Å². The Morgan fingerprint density at radius 3 is 2.26 bits per heavy atom. The summed E-state index contributed by atoms with van der Waals surface area (Å²) in [5, 5.41) is 10.0. The summed E-state index contributed by atoms with van der Waals surface area (Å²) in [7, 11) is 0. The average molecular weight is 478 g/mol. The molecule has 0 spiro atoms. The van der Waals surface area contributed by atoms with E-state index in [-0.39, 0.29) is 11.7 Å². The van der Waals surface area contributed by atoms with Gasteiger partial charge in [0.25, 0.3) is 0 Å². The van der Waals surface area contributed by atoms with Crippen LogP contribution in [0.5, 0.6) is 0 Å². The van der Waals surface area contributed by atoms with Gasteiger partial charge in [0.15, 0.2) is 0 Å². The van der Waals surface area contributed by atoms with Crippen LogP contribution in [0.15, 0.2) is 48.5 Å². The molecule has 2 aromatic rings. The number of carboxylic acid groups (broad SMARTS) is 1. The maximum atomic E-state index is 13.6. The quantitative estimate of drug-likeness (QED) is 0.476. The van der Waals surface area contributed by atoms with E-state index in [0.29, 0.717) is 5.56 Å². The lowest BCUT2D eigenvalue weighted by atomic mass is 9.91. The molecule has 1 heterocycles. The highest BCUT2D eigenvalue weighted by atomic mass is 19.4. The molecule has 1 aliphatic carbocycles. The molecule has 1 fully saturated rings. The maximum Gasteiger partial charge on any atom is 0.490 e. The van der Waals surface area contributed by atoms with Crippen molar-refractivity contribution in [2.24, 2.45) is 0 Å². The van der Waals surface area contributed by atoms with E-state index in [9.17, 15) is 22.4 Å². The molecule has 182 valence electrons. The molecule has 0 unspecified atom stereocenters. The molecular formula is C25H26F4N2O3. The van der Waals surface area contributed by atoms with Gasteiger partial charge in [-0.3, -0.25) is 9.69 Å². The normalized spacial score (nSPS) is 16.6. The van der Waals surface area contributed by atoms with E-state index < -0.39 is 12.1 Å². The van der Waals surface area contributed by atoms with Crippen molar-refractivity contribution in [3.8, 4) is 0 Å². The van der Waals surface area contributed by atoms with Crippen LogP contribution in [-0.2, 0) is 22.4 Å². The third kappa shape index (κ3) is 7.15. The molecule has 2 N–H and O–H groups in total. The van der Waals surface area contributed by atoms with E-state index in [2.05, 4.69) is 22.3 Å². The molecular weight excluding hydrogens is 452 g/mol. The van der Waals surface area contributed by atoms with Crippen molar-refractivity contribution in [2.45, 2.75) is 44.3 Å². The van der Waals surface area contributed by atoms with Crippen molar-refractivity contribution in [3.05, 3.63) is 71.0 Å². The summed E-state index contributed by atoms with van der Waals surface area (Å²) in [4.78, 5) is 23.7. The van der Waals surface area contributed by atoms with Crippen molar-refractivity contribution < 1.29 is 32.3 Å². The summed E-state index contributed by atoms with van der Waals surface area (Å²) in [5.74, 6) is -3.34. The zero-order chi connectivity index (χ0) is 24.7. The highest BCUT2D eigenvalue weighted by molar-refractivity contribution is 6.02. The second kappa shape index (κ2) is 11.3. The second-order valence-electron chi connectivity index (χ2n) is 8.25. The van der Waals surface area contributed by atoms with E-state index in [4.69, 9.17) is 9.90 Å². The fourth-order valence-corrected chi connectivity index (χ4v) is 3.90. The van der Waals surface area contributed by atoms with Crippen LogP contribution in [0.25, 0.3) is 6.08 Å². The Labute approximate surface area is 195 Å². The zero-order valence-electron chi connectivity index (χ0n) is 18.4. The van der Waals surface area contributed by atoms with Gasteiger partial charge < -0.3 is 10.4 Å². The number of alkyl halides is 3. The fourth-order valence-electron chi connectivity index (χ4n) is 3.90. The number of halogens is 4. The van der Waals surface area contributed by atoms with Gasteiger partial charge in [-0.1, -0.05) is 30.7 Å². The fraction of sp³-hybridized carbons (Fsp3) is 0.360. The predicted molar refractivity (Wildman–Crippen MR) is 121 cm³/mol. The van der Waals surface area contributed by atoms with Crippen molar-refractivity contribution in [3.63, 3.8) is 0 Å². The minimum absolute atomic E-state index is 0.247. The summed E-state index contributed by atoms with van der Waals surface area (Å²) in [6.45, 7) is 2.23. The Morgan fingerprint density at radius 2 is 1.68 bits per heavy atom. The molecule has 4 rings (SSSR count). The van der Waals surface area contributed by atoms with Crippen LogP contribution in [0.1, 0.15) is 36.0 Å². The number of rotatable bonds is 4. The van der Waals surface area contributed by atoms with Crippen molar-refractivity contribution in [1.29, 1.82) is 0 Å². The lowest BCUT2D eigenvalue weighted by molar-refractivity contribution is -0.192. The van der Waals surface area contributed by atoms with Crippen LogP contribution in [0.3, 0.4) is 0 Å². The molecule has 0 aromatic heterocycles. The summed E-state index contributed by atoms with van der Waals surface area (Å²) in [6.07, 6.45) is 3.95. The van der Waals surface area contributed by atoms with E-state index >= 15 is 0 Å². The lowest BCUT2D eigenvalue weighted by Crippen LogP contribution is -2.41. The van der Waals surface area contributed by atoms with Crippen molar-refractivity contribution in [1.82, 2.24) is 4.90 Å². The number of amides is 1. The summed E-state index contributed by atoms with van der Waals surface area (Å²) < 4.78 is 45.4. The summed E-state index contributed by atoms with van der Waals surface area (Å²) in [5.41, 5.74) is 3.92. The molecule has 2 aliphatic rings. The van der Waals surface area contributed by atoms with Gasteiger partial charge in [0, 0.05) is 36.5 Å². The van der Waals surface area contributed by atoms with E-state index in [1.54, 1.807) is 18.2 Å². The highest BCUT2D eigenvalue weighted by Gasteiger charge is 2.38. The highest BCUT2D eigenvalue weighted by Crippen LogP contribution is 2.28. The number of fused-ring (bicyclic) bond motifs is 1. The van der Waals surface area contributed by atoms with E-state index in [0.717, 1.165) is 37.7 Å². The molecule has 0 atom stereocenters. The minimum atomic E-state index is -5.08. The Morgan fingerprint density at radius 1 is 1.03 bits per heavy atom. The molecule has 0 radical (unpaired) electrons. The van der Waals surface area contributed by atoms with Gasteiger partial charge in [0.2, 0.25) is 5.91 Å². The van der Waals surface area contributed by atoms with Crippen molar-refractivity contribution >= 4 is 23.6 Å². The topological polar surface area (TPSA) is 69.6 Å². The Hall–Kier alpha value is -3.20. The first-order valence-electron chi connectivity index (χ1n) is 11.0. The first kappa shape index (κ1) is 25.4. The minimum Gasteiger partial charge on any atom is -0.475 e. The second-order valence-corrected chi connectivity index (χ2v) is 8.25. The number of carboxylic acids is 1. The first-order chi connectivity index (χ1) is 16.1. The Balaban J connectivity index is 0.000000406. The van der Waals surface area contributed by atoms with E-state index in [1.165, 1.54) is 48.6 Å². The monoisotopic (exact) mass is 478 g/mol. The maximum absolute atomic E-state index is 13.6.